The monoisotopic (exact) mass is 275 g/mol. The molecule has 1 saturated heterocycles. The summed E-state index contributed by atoms with van der Waals surface area (Å²) in [4.78, 5) is 0. The molecule has 5 heteroatoms. The maximum Gasteiger partial charge on any atom is 0.209 e. The SMILES string of the molecule is CC1COC(CN)(c2cccc(Cl)c2Cl)OC1. The average Bonchev–Trinajstić information content (AvgIpc) is 2.35. The van der Waals surface area contributed by atoms with Gasteiger partial charge in [0.05, 0.1) is 29.8 Å². The second-order valence-corrected chi connectivity index (χ2v) is 5.07. The summed E-state index contributed by atoms with van der Waals surface area (Å²) in [5.41, 5.74) is 6.48. The van der Waals surface area contributed by atoms with E-state index in [2.05, 4.69) is 6.92 Å². The van der Waals surface area contributed by atoms with Gasteiger partial charge in [0.2, 0.25) is 5.79 Å². The van der Waals surface area contributed by atoms with Crippen molar-refractivity contribution in [3.05, 3.63) is 33.8 Å². The van der Waals surface area contributed by atoms with E-state index in [0.717, 1.165) is 0 Å². The van der Waals surface area contributed by atoms with Gasteiger partial charge in [-0.1, -0.05) is 42.3 Å². The Morgan fingerprint density at radius 3 is 2.59 bits per heavy atom. The molecule has 0 spiro atoms. The fourth-order valence-electron chi connectivity index (χ4n) is 1.82. The molecule has 1 heterocycles. The zero-order valence-corrected chi connectivity index (χ0v) is 11.1. The maximum atomic E-state index is 6.18. The minimum absolute atomic E-state index is 0.208. The second-order valence-electron chi connectivity index (χ2n) is 4.29. The van der Waals surface area contributed by atoms with Crippen LogP contribution in [0.4, 0.5) is 0 Å². The summed E-state index contributed by atoms with van der Waals surface area (Å²) in [6, 6.07) is 5.37. The van der Waals surface area contributed by atoms with Gasteiger partial charge >= 0.3 is 0 Å². The highest BCUT2D eigenvalue weighted by atomic mass is 35.5. The van der Waals surface area contributed by atoms with Crippen LogP contribution in [0, 0.1) is 5.92 Å². The van der Waals surface area contributed by atoms with Gasteiger partial charge in [-0.05, 0) is 6.07 Å². The third-order valence-electron chi connectivity index (χ3n) is 2.83. The number of halogens is 2. The molecule has 2 N–H and O–H groups in total. The van der Waals surface area contributed by atoms with Crippen molar-refractivity contribution in [1.29, 1.82) is 0 Å². The summed E-state index contributed by atoms with van der Waals surface area (Å²) in [6.07, 6.45) is 0. The second kappa shape index (κ2) is 5.12. The minimum Gasteiger partial charge on any atom is -0.344 e. The number of rotatable bonds is 2. The van der Waals surface area contributed by atoms with Gasteiger partial charge in [0.1, 0.15) is 0 Å². The van der Waals surface area contributed by atoms with Crippen molar-refractivity contribution in [3.63, 3.8) is 0 Å². The highest BCUT2D eigenvalue weighted by molar-refractivity contribution is 6.42. The Hall–Kier alpha value is -0.320. The number of benzene rings is 1. The molecule has 17 heavy (non-hydrogen) atoms. The zero-order valence-electron chi connectivity index (χ0n) is 9.58. The van der Waals surface area contributed by atoms with Gasteiger partial charge in [0, 0.05) is 11.5 Å². The van der Waals surface area contributed by atoms with Crippen molar-refractivity contribution in [1.82, 2.24) is 0 Å². The molecule has 2 rings (SSSR count). The van der Waals surface area contributed by atoms with E-state index in [4.69, 9.17) is 38.4 Å². The Labute approximate surface area is 111 Å². The molecule has 0 bridgehead atoms. The molecule has 0 amide bonds. The lowest BCUT2D eigenvalue weighted by atomic mass is 10.0. The Morgan fingerprint density at radius 2 is 2.00 bits per heavy atom. The molecule has 0 aliphatic carbocycles. The van der Waals surface area contributed by atoms with Gasteiger partial charge in [-0.15, -0.1) is 0 Å². The molecule has 0 atom stereocenters. The van der Waals surface area contributed by atoms with Crippen LogP contribution in [0.2, 0.25) is 10.0 Å². The summed E-state index contributed by atoms with van der Waals surface area (Å²) in [6.45, 7) is 3.46. The van der Waals surface area contributed by atoms with Crippen LogP contribution in [0.25, 0.3) is 0 Å². The van der Waals surface area contributed by atoms with Gasteiger partial charge in [0.15, 0.2) is 0 Å². The summed E-state index contributed by atoms with van der Waals surface area (Å²) in [5, 5.41) is 0.914. The molecule has 1 fully saturated rings. The van der Waals surface area contributed by atoms with Crippen LogP contribution in [-0.2, 0) is 15.3 Å². The summed E-state index contributed by atoms with van der Waals surface area (Å²) in [5.74, 6) is -0.610. The lowest BCUT2D eigenvalue weighted by Gasteiger charge is -2.39. The van der Waals surface area contributed by atoms with Crippen LogP contribution in [0.1, 0.15) is 12.5 Å². The van der Waals surface area contributed by atoms with E-state index in [1.165, 1.54) is 0 Å². The molecule has 0 aromatic heterocycles. The largest absolute Gasteiger partial charge is 0.344 e. The predicted octanol–water partition coefficient (Wildman–Crippen LogP) is 2.79. The van der Waals surface area contributed by atoms with Crippen molar-refractivity contribution in [2.45, 2.75) is 12.7 Å². The maximum absolute atomic E-state index is 6.18. The fraction of sp³-hybridized carbons (Fsp3) is 0.500. The molecule has 0 radical (unpaired) electrons. The number of hydrogen-bond donors (Lipinski definition) is 1. The molecule has 3 nitrogen and oxygen atoms in total. The standard InChI is InChI=1S/C12H15Cl2NO2/c1-8-5-16-12(7-15,17-6-8)9-3-2-4-10(13)11(9)14/h2-4,8H,5-7,15H2,1H3. The van der Waals surface area contributed by atoms with Crippen molar-refractivity contribution >= 4 is 23.2 Å². The zero-order chi connectivity index (χ0) is 12.5. The number of nitrogens with two attached hydrogens (primary N) is 1. The Morgan fingerprint density at radius 1 is 1.35 bits per heavy atom. The Kier molecular flexibility index (Phi) is 3.95. The molecule has 1 aliphatic rings. The van der Waals surface area contributed by atoms with Crippen LogP contribution < -0.4 is 5.73 Å². The fourth-order valence-corrected chi connectivity index (χ4v) is 2.27. The van der Waals surface area contributed by atoms with Gasteiger partial charge < -0.3 is 15.2 Å². The number of hydrogen-bond acceptors (Lipinski definition) is 3. The number of ether oxygens (including phenoxy) is 2. The molecular weight excluding hydrogens is 261 g/mol. The van der Waals surface area contributed by atoms with Crippen LogP contribution in [-0.4, -0.2) is 19.8 Å². The van der Waals surface area contributed by atoms with E-state index >= 15 is 0 Å². The van der Waals surface area contributed by atoms with Crippen LogP contribution in [0.3, 0.4) is 0 Å². The minimum atomic E-state index is -0.964. The van der Waals surface area contributed by atoms with Crippen LogP contribution in [0.5, 0.6) is 0 Å². The van der Waals surface area contributed by atoms with E-state index in [1.54, 1.807) is 6.07 Å². The Bertz CT molecular complexity index is 403. The summed E-state index contributed by atoms with van der Waals surface area (Å²) in [7, 11) is 0. The van der Waals surface area contributed by atoms with E-state index in [0.29, 0.717) is 34.7 Å². The molecule has 94 valence electrons. The first kappa shape index (κ1) is 13.1. The third-order valence-corrected chi connectivity index (χ3v) is 3.65. The van der Waals surface area contributed by atoms with Crippen LogP contribution in [0.15, 0.2) is 18.2 Å². The molecule has 0 saturated carbocycles. The topological polar surface area (TPSA) is 44.5 Å². The first-order valence-electron chi connectivity index (χ1n) is 5.51. The van der Waals surface area contributed by atoms with Crippen LogP contribution >= 0.6 is 23.2 Å². The lowest BCUT2D eigenvalue weighted by Crippen LogP contribution is -2.46. The third kappa shape index (κ3) is 2.44. The highest BCUT2D eigenvalue weighted by Gasteiger charge is 2.39. The quantitative estimate of drug-likeness (QED) is 0.903. The van der Waals surface area contributed by atoms with Crippen molar-refractivity contribution in [2.75, 3.05) is 19.8 Å². The van der Waals surface area contributed by atoms with Crippen molar-refractivity contribution < 1.29 is 9.47 Å². The predicted molar refractivity (Wildman–Crippen MR) is 68.3 cm³/mol. The average molecular weight is 276 g/mol. The van der Waals surface area contributed by atoms with E-state index < -0.39 is 5.79 Å². The van der Waals surface area contributed by atoms with Crippen molar-refractivity contribution in [3.8, 4) is 0 Å². The van der Waals surface area contributed by atoms with Gasteiger partial charge in [-0.3, -0.25) is 0 Å². The molecule has 1 aromatic rings. The van der Waals surface area contributed by atoms with Crippen molar-refractivity contribution in [2.24, 2.45) is 11.7 Å². The summed E-state index contributed by atoms with van der Waals surface area (Å²) >= 11 is 12.2. The Balaban J connectivity index is 2.38. The summed E-state index contributed by atoms with van der Waals surface area (Å²) < 4.78 is 11.5. The lowest BCUT2D eigenvalue weighted by molar-refractivity contribution is -0.284. The molecule has 1 aliphatic heterocycles. The van der Waals surface area contributed by atoms with Gasteiger partial charge in [-0.25, -0.2) is 0 Å². The normalized spacial score (nSPS) is 29.3. The smallest absolute Gasteiger partial charge is 0.209 e. The van der Waals surface area contributed by atoms with Gasteiger partial charge in [0.25, 0.3) is 0 Å². The molecular formula is C12H15Cl2NO2. The molecule has 1 aromatic carbocycles. The van der Waals surface area contributed by atoms with E-state index in [1.807, 2.05) is 12.1 Å². The van der Waals surface area contributed by atoms with Gasteiger partial charge in [-0.2, -0.15) is 0 Å². The highest BCUT2D eigenvalue weighted by Crippen LogP contribution is 2.38. The molecule has 0 unspecified atom stereocenters. The van der Waals surface area contributed by atoms with E-state index in [9.17, 15) is 0 Å². The first-order valence-corrected chi connectivity index (χ1v) is 6.27. The van der Waals surface area contributed by atoms with E-state index in [-0.39, 0.29) is 6.54 Å². The first-order chi connectivity index (χ1) is 8.09.